The minimum atomic E-state index is -0.504. The fraction of sp³-hybridized carbons (Fsp3) is 0.120. The van der Waals surface area contributed by atoms with Crippen molar-refractivity contribution in [1.82, 2.24) is 4.90 Å². The maximum atomic E-state index is 13.3. The summed E-state index contributed by atoms with van der Waals surface area (Å²) in [5.41, 5.74) is 3.23. The molecule has 0 atom stereocenters. The van der Waals surface area contributed by atoms with E-state index in [1.165, 1.54) is 31.0 Å². The van der Waals surface area contributed by atoms with E-state index in [2.05, 4.69) is 0 Å². The monoisotopic (exact) mass is 459 g/mol. The molecular weight excluding hydrogens is 438 g/mol. The SMILES string of the molecule is COc1ccc(/C=C2/SC(=Nc3ccc(C)cc3)N(Cc3ccccc3)C2=O)cc1[N+](=O)[O-]. The maximum Gasteiger partial charge on any atom is 0.311 e. The second-order valence-corrected chi connectivity index (χ2v) is 8.41. The van der Waals surface area contributed by atoms with Crippen LogP contribution in [0.1, 0.15) is 16.7 Å². The van der Waals surface area contributed by atoms with Gasteiger partial charge in [0.1, 0.15) is 0 Å². The molecule has 1 heterocycles. The van der Waals surface area contributed by atoms with Gasteiger partial charge in [0.05, 0.1) is 29.2 Å². The Morgan fingerprint density at radius 2 is 1.82 bits per heavy atom. The number of nitro benzene ring substituents is 1. The van der Waals surface area contributed by atoms with Crippen molar-refractivity contribution in [3.8, 4) is 5.75 Å². The van der Waals surface area contributed by atoms with Gasteiger partial charge in [-0.1, -0.05) is 54.1 Å². The quantitative estimate of drug-likeness (QED) is 0.268. The fourth-order valence-corrected chi connectivity index (χ4v) is 4.32. The molecule has 1 amide bonds. The van der Waals surface area contributed by atoms with E-state index in [0.717, 1.165) is 16.8 Å². The molecule has 7 nitrogen and oxygen atoms in total. The molecule has 33 heavy (non-hydrogen) atoms. The summed E-state index contributed by atoms with van der Waals surface area (Å²) in [4.78, 5) is 31.0. The van der Waals surface area contributed by atoms with Gasteiger partial charge in [0.25, 0.3) is 5.91 Å². The molecule has 1 aliphatic rings. The zero-order valence-corrected chi connectivity index (χ0v) is 18.9. The van der Waals surface area contributed by atoms with Crippen LogP contribution in [0, 0.1) is 17.0 Å². The maximum absolute atomic E-state index is 13.3. The number of hydrogen-bond acceptors (Lipinski definition) is 6. The van der Waals surface area contributed by atoms with Gasteiger partial charge in [0, 0.05) is 6.07 Å². The first kappa shape index (κ1) is 22.3. The van der Waals surface area contributed by atoms with Gasteiger partial charge in [-0.15, -0.1) is 0 Å². The van der Waals surface area contributed by atoms with Gasteiger partial charge >= 0.3 is 5.69 Å². The molecule has 0 bridgehead atoms. The van der Waals surface area contributed by atoms with Crippen LogP contribution < -0.4 is 4.74 Å². The van der Waals surface area contributed by atoms with Crippen LogP contribution in [0.3, 0.4) is 0 Å². The van der Waals surface area contributed by atoms with Crippen molar-refractivity contribution in [3.05, 3.63) is 105 Å². The van der Waals surface area contributed by atoms with Crippen molar-refractivity contribution in [2.45, 2.75) is 13.5 Å². The number of methoxy groups -OCH3 is 1. The summed E-state index contributed by atoms with van der Waals surface area (Å²) in [5.74, 6) is -0.0342. The number of amidine groups is 1. The number of rotatable bonds is 6. The summed E-state index contributed by atoms with van der Waals surface area (Å²) in [7, 11) is 1.38. The van der Waals surface area contributed by atoms with Crippen LogP contribution in [0.15, 0.2) is 82.7 Å². The lowest BCUT2D eigenvalue weighted by Crippen LogP contribution is -2.28. The van der Waals surface area contributed by atoms with Crippen molar-refractivity contribution < 1.29 is 14.5 Å². The first-order chi connectivity index (χ1) is 15.9. The van der Waals surface area contributed by atoms with Crippen LogP contribution in [-0.2, 0) is 11.3 Å². The largest absolute Gasteiger partial charge is 0.490 e. The molecule has 4 rings (SSSR count). The second-order valence-electron chi connectivity index (χ2n) is 7.41. The number of amides is 1. The van der Waals surface area contributed by atoms with Crippen LogP contribution in [0.2, 0.25) is 0 Å². The minimum Gasteiger partial charge on any atom is -0.490 e. The predicted molar refractivity (Wildman–Crippen MR) is 130 cm³/mol. The molecule has 0 aliphatic carbocycles. The lowest BCUT2D eigenvalue weighted by atomic mass is 10.1. The highest BCUT2D eigenvalue weighted by Crippen LogP contribution is 2.36. The summed E-state index contributed by atoms with van der Waals surface area (Å²) >= 11 is 1.25. The molecule has 166 valence electrons. The number of benzene rings is 3. The van der Waals surface area contributed by atoms with Crippen molar-refractivity contribution in [1.29, 1.82) is 0 Å². The van der Waals surface area contributed by atoms with E-state index in [0.29, 0.717) is 22.2 Å². The molecule has 3 aromatic carbocycles. The molecule has 1 saturated heterocycles. The summed E-state index contributed by atoms with van der Waals surface area (Å²) in [6.45, 7) is 2.37. The smallest absolute Gasteiger partial charge is 0.311 e. The van der Waals surface area contributed by atoms with Gasteiger partial charge in [0.2, 0.25) is 0 Å². The van der Waals surface area contributed by atoms with Crippen LogP contribution >= 0.6 is 11.8 Å². The van der Waals surface area contributed by atoms with E-state index in [-0.39, 0.29) is 17.3 Å². The van der Waals surface area contributed by atoms with Crippen LogP contribution in [0.25, 0.3) is 6.08 Å². The summed E-state index contributed by atoms with van der Waals surface area (Å²) < 4.78 is 5.07. The number of ether oxygens (including phenoxy) is 1. The number of hydrogen-bond donors (Lipinski definition) is 0. The molecule has 1 aliphatic heterocycles. The normalized spacial score (nSPS) is 15.9. The second kappa shape index (κ2) is 9.70. The fourth-order valence-electron chi connectivity index (χ4n) is 3.32. The lowest BCUT2D eigenvalue weighted by Gasteiger charge is -2.15. The molecule has 8 heteroatoms. The zero-order chi connectivity index (χ0) is 23.4. The average Bonchev–Trinajstić information content (AvgIpc) is 3.10. The Morgan fingerprint density at radius 3 is 2.48 bits per heavy atom. The number of aryl methyl sites for hydroxylation is 1. The van der Waals surface area contributed by atoms with Gasteiger partial charge in [-0.25, -0.2) is 4.99 Å². The van der Waals surface area contributed by atoms with Crippen LogP contribution in [0.5, 0.6) is 5.75 Å². The molecule has 0 unspecified atom stereocenters. The average molecular weight is 460 g/mol. The Kier molecular flexibility index (Phi) is 6.55. The van der Waals surface area contributed by atoms with Crippen molar-refractivity contribution in [2.75, 3.05) is 7.11 Å². The molecular formula is C25H21N3O4S. The Morgan fingerprint density at radius 1 is 1.09 bits per heavy atom. The highest BCUT2D eigenvalue weighted by Gasteiger charge is 2.33. The molecule has 3 aromatic rings. The first-order valence-corrected chi connectivity index (χ1v) is 11.0. The standard InChI is InChI=1S/C25H21N3O4S/c1-17-8-11-20(12-9-17)26-25-27(16-18-6-4-3-5-7-18)24(29)23(33-25)15-19-10-13-22(32-2)21(14-19)28(30)31/h3-15H,16H2,1-2H3/b23-15+,26-25?. The Labute approximate surface area is 195 Å². The van der Waals surface area contributed by atoms with E-state index < -0.39 is 4.92 Å². The summed E-state index contributed by atoms with van der Waals surface area (Å²) in [6.07, 6.45) is 1.65. The molecule has 0 N–H and O–H groups in total. The van der Waals surface area contributed by atoms with Gasteiger partial charge in [-0.2, -0.15) is 0 Å². The number of aliphatic imine (C=N–C) groups is 1. The van der Waals surface area contributed by atoms with Gasteiger partial charge in [-0.3, -0.25) is 19.8 Å². The van der Waals surface area contributed by atoms with Gasteiger partial charge < -0.3 is 4.74 Å². The number of thioether (sulfide) groups is 1. The van der Waals surface area contributed by atoms with Gasteiger partial charge in [0.15, 0.2) is 10.9 Å². The zero-order valence-electron chi connectivity index (χ0n) is 18.1. The summed E-state index contributed by atoms with van der Waals surface area (Å²) in [5, 5.41) is 11.9. The molecule has 0 saturated carbocycles. The molecule has 0 aromatic heterocycles. The number of carbonyl (C=O) groups excluding carboxylic acids is 1. The first-order valence-electron chi connectivity index (χ1n) is 10.2. The predicted octanol–water partition coefficient (Wildman–Crippen LogP) is 5.72. The molecule has 0 radical (unpaired) electrons. The summed E-state index contributed by atoms with van der Waals surface area (Å²) in [6, 6.07) is 22.0. The molecule has 0 spiro atoms. The lowest BCUT2D eigenvalue weighted by molar-refractivity contribution is -0.385. The Balaban J connectivity index is 1.71. The van der Waals surface area contributed by atoms with Gasteiger partial charge in [-0.05, 0) is 54.1 Å². The highest BCUT2D eigenvalue weighted by atomic mass is 32.2. The Hall–Kier alpha value is -3.91. The number of nitro groups is 1. The van der Waals surface area contributed by atoms with E-state index >= 15 is 0 Å². The number of carbonyl (C=O) groups is 1. The highest BCUT2D eigenvalue weighted by molar-refractivity contribution is 8.18. The van der Waals surface area contributed by atoms with E-state index in [4.69, 9.17) is 9.73 Å². The third kappa shape index (κ3) is 5.12. The van der Waals surface area contributed by atoms with Crippen molar-refractivity contribution >= 4 is 40.3 Å². The van der Waals surface area contributed by atoms with Crippen LogP contribution in [0.4, 0.5) is 11.4 Å². The third-order valence-electron chi connectivity index (χ3n) is 5.03. The van der Waals surface area contributed by atoms with Crippen LogP contribution in [-0.4, -0.2) is 28.0 Å². The van der Waals surface area contributed by atoms with Crippen molar-refractivity contribution in [3.63, 3.8) is 0 Å². The minimum absolute atomic E-state index is 0.156. The Bertz CT molecular complexity index is 1250. The third-order valence-corrected chi connectivity index (χ3v) is 6.03. The van der Waals surface area contributed by atoms with E-state index in [9.17, 15) is 14.9 Å². The van der Waals surface area contributed by atoms with E-state index in [1.807, 2.05) is 61.5 Å². The van der Waals surface area contributed by atoms with Crippen molar-refractivity contribution in [2.24, 2.45) is 4.99 Å². The topological polar surface area (TPSA) is 85.0 Å². The molecule has 1 fully saturated rings. The van der Waals surface area contributed by atoms with E-state index in [1.54, 1.807) is 17.0 Å². The number of nitrogens with zero attached hydrogens (tertiary/aromatic N) is 3.